The third kappa shape index (κ3) is 1.81. The maximum atomic E-state index is 8.94. The molecule has 2 aromatic rings. The lowest BCUT2D eigenvalue weighted by Crippen LogP contribution is -1.93. The molecule has 0 fully saturated rings. The second kappa shape index (κ2) is 3.48. The lowest BCUT2D eigenvalue weighted by molar-refractivity contribution is 0.430. The first kappa shape index (κ1) is 9.30. The molecule has 0 saturated carbocycles. The Balaban J connectivity index is 2.51. The number of hydrogen-bond acceptors (Lipinski definition) is 3. The third-order valence-corrected chi connectivity index (χ3v) is 2.03. The van der Waals surface area contributed by atoms with Gasteiger partial charge in [0.1, 0.15) is 6.33 Å². The molecule has 1 heterocycles. The largest absolute Gasteiger partial charge is 0.478 e. The standard InChI is InChI=1S/C8H5Cl2N3O/c9-5-1-6(10)3-7(2-5)13-4-11-8(14)12-13/h1-4H,(H,12,14). The van der Waals surface area contributed by atoms with Gasteiger partial charge in [0.25, 0.3) is 0 Å². The number of halogens is 2. The molecule has 72 valence electrons. The SMILES string of the molecule is Oc1ncn(-c2cc(Cl)cc(Cl)c2)n1. The minimum Gasteiger partial charge on any atom is -0.478 e. The minimum absolute atomic E-state index is 0.291. The molecule has 1 aromatic heterocycles. The Hall–Kier alpha value is -1.26. The zero-order valence-electron chi connectivity index (χ0n) is 6.85. The average Bonchev–Trinajstić information content (AvgIpc) is 2.50. The van der Waals surface area contributed by atoms with Crippen molar-refractivity contribution in [3.05, 3.63) is 34.6 Å². The van der Waals surface area contributed by atoms with Gasteiger partial charge in [0, 0.05) is 10.0 Å². The van der Waals surface area contributed by atoms with Crippen LogP contribution in [-0.2, 0) is 0 Å². The molecule has 0 amide bonds. The fourth-order valence-corrected chi connectivity index (χ4v) is 1.56. The van der Waals surface area contributed by atoms with Crippen molar-refractivity contribution in [3.8, 4) is 11.7 Å². The number of rotatable bonds is 1. The number of aromatic hydroxyl groups is 1. The summed E-state index contributed by atoms with van der Waals surface area (Å²) < 4.78 is 1.38. The summed E-state index contributed by atoms with van der Waals surface area (Å²) in [6.45, 7) is 0. The number of hydrogen-bond donors (Lipinski definition) is 1. The van der Waals surface area contributed by atoms with Crippen LogP contribution in [0.1, 0.15) is 0 Å². The Morgan fingerprint density at radius 1 is 1.14 bits per heavy atom. The molecular weight excluding hydrogens is 225 g/mol. The van der Waals surface area contributed by atoms with Gasteiger partial charge in [0.15, 0.2) is 0 Å². The second-order valence-corrected chi connectivity index (χ2v) is 3.49. The van der Waals surface area contributed by atoms with E-state index >= 15 is 0 Å². The van der Waals surface area contributed by atoms with Crippen molar-refractivity contribution >= 4 is 23.2 Å². The van der Waals surface area contributed by atoms with Gasteiger partial charge < -0.3 is 5.11 Å². The van der Waals surface area contributed by atoms with Gasteiger partial charge in [-0.1, -0.05) is 23.2 Å². The predicted molar refractivity (Wildman–Crippen MR) is 53.0 cm³/mol. The van der Waals surface area contributed by atoms with Crippen molar-refractivity contribution in [1.29, 1.82) is 0 Å². The Labute approximate surface area is 89.7 Å². The topological polar surface area (TPSA) is 50.9 Å². The molecular formula is C8H5Cl2N3O. The molecule has 0 unspecified atom stereocenters. The lowest BCUT2D eigenvalue weighted by Gasteiger charge is -2.01. The monoisotopic (exact) mass is 229 g/mol. The van der Waals surface area contributed by atoms with Crippen molar-refractivity contribution in [2.24, 2.45) is 0 Å². The molecule has 0 aliphatic carbocycles. The lowest BCUT2D eigenvalue weighted by atomic mass is 10.3. The van der Waals surface area contributed by atoms with Crippen LogP contribution < -0.4 is 0 Å². The van der Waals surface area contributed by atoms with Crippen LogP contribution in [0, 0.1) is 0 Å². The molecule has 0 aliphatic heterocycles. The molecule has 6 heteroatoms. The number of nitrogens with zero attached hydrogens (tertiary/aromatic N) is 3. The highest BCUT2D eigenvalue weighted by Crippen LogP contribution is 2.21. The molecule has 0 radical (unpaired) electrons. The van der Waals surface area contributed by atoms with Crippen LogP contribution in [0.2, 0.25) is 10.0 Å². The summed E-state index contributed by atoms with van der Waals surface area (Å²) in [7, 11) is 0. The van der Waals surface area contributed by atoms with Crippen molar-refractivity contribution < 1.29 is 5.11 Å². The van der Waals surface area contributed by atoms with Crippen molar-refractivity contribution in [1.82, 2.24) is 14.8 Å². The van der Waals surface area contributed by atoms with E-state index in [9.17, 15) is 0 Å². The van der Waals surface area contributed by atoms with Crippen molar-refractivity contribution in [2.75, 3.05) is 0 Å². The van der Waals surface area contributed by atoms with Crippen molar-refractivity contribution in [3.63, 3.8) is 0 Å². The Kier molecular flexibility index (Phi) is 2.31. The van der Waals surface area contributed by atoms with Gasteiger partial charge in [-0.05, 0) is 18.2 Å². The summed E-state index contributed by atoms with van der Waals surface area (Å²) in [6.07, 6.45) is 1.37. The first-order chi connectivity index (χ1) is 6.65. The van der Waals surface area contributed by atoms with Crippen LogP contribution in [0.3, 0.4) is 0 Å². The first-order valence-electron chi connectivity index (χ1n) is 3.72. The fraction of sp³-hybridized carbons (Fsp3) is 0. The van der Waals surface area contributed by atoms with Gasteiger partial charge in [-0.25, -0.2) is 4.68 Å². The highest BCUT2D eigenvalue weighted by molar-refractivity contribution is 6.34. The van der Waals surface area contributed by atoms with Crippen molar-refractivity contribution in [2.45, 2.75) is 0 Å². The molecule has 0 aliphatic rings. The van der Waals surface area contributed by atoms with E-state index in [4.69, 9.17) is 28.3 Å². The molecule has 1 aromatic carbocycles. The van der Waals surface area contributed by atoms with Crippen LogP contribution in [0.15, 0.2) is 24.5 Å². The fourth-order valence-electron chi connectivity index (χ4n) is 1.05. The van der Waals surface area contributed by atoms with E-state index in [1.807, 2.05) is 0 Å². The van der Waals surface area contributed by atoms with E-state index in [0.717, 1.165) is 0 Å². The van der Waals surface area contributed by atoms with Crippen LogP contribution in [0.4, 0.5) is 0 Å². The van der Waals surface area contributed by atoms with E-state index in [1.54, 1.807) is 18.2 Å². The van der Waals surface area contributed by atoms with Gasteiger partial charge >= 0.3 is 6.01 Å². The quantitative estimate of drug-likeness (QED) is 0.817. The van der Waals surface area contributed by atoms with E-state index in [1.165, 1.54) is 11.0 Å². The molecule has 0 bridgehead atoms. The molecule has 1 N–H and O–H groups in total. The smallest absolute Gasteiger partial charge is 0.333 e. The zero-order valence-corrected chi connectivity index (χ0v) is 8.37. The average molecular weight is 230 g/mol. The maximum absolute atomic E-state index is 8.94. The van der Waals surface area contributed by atoms with Gasteiger partial charge in [0.05, 0.1) is 5.69 Å². The first-order valence-corrected chi connectivity index (χ1v) is 4.48. The molecule has 4 nitrogen and oxygen atoms in total. The molecule has 0 atom stereocenters. The van der Waals surface area contributed by atoms with Gasteiger partial charge in [-0.15, -0.1) is 5.10 Å². The van der Waals surface area contributed by atoms with E-state index in [-0.39, 0.29) is 6.01 Å². The predicted octanol–water partition coefficient (Wildman–Crippen LogP) is 2.28. The number of aromatic nitrogens is 3. The normalized spacial score (nSPS) is 10.4. The Morgan fingerprint density at radius 2 is 1.79 bits per heavy atom. The van der Waals surface area contributed by atoms with Crippen LogP contribution in [0.5, 0.6) is 6.01 Å². The van der Waals surface area contributed by atoms with Gasteiger partial charge in [-0.2, -0.15) is 4.98 Å². The number of benzene rings is 1. The summed E-state index contributed by atoms with van der Waals surface area (Å²) >= 11 is 11.6. The highest BCUT2D eigenvalue weighted by atomic mass is 35.5. The van der Waals surface area contributed by atoms with Crippen LogP contribution in [-0.4, -0.2) is 19.9 Å². The Bertz CT molecular complexity index is 449. The summed E-state index contributed by atoms with van der Waals surface area (Å²) in [5.41, 5.74) is 0.648. The summed E-state index contributed by atoms with van der Waals surface area (Å²) in [5.74, 6) is 0. The molecule has 2 rings (SSSR count). The minimum atomic E-state index is -0.291. The maximum Gasteiger partial charge on any atom is 0.333 e. The molecule has 14 heavy (non-hydrogen) atoms. The van der Waals surface area contributed by atoms with E-state index in [0.29, 0.717) is 15.7 Å². The Morgan fingerprint density at radius 3 is 2.29 bits per heavy atom. The third-order valence-electron chi connectivity index (χ3n) is 1.59. The zero-order chi connectivity index (χ0) is 10.1. The summed E-state index contributed by atoms with van der Waals surface area (Å²) in [4.78, 5) is 3.57. The highest BCUT2D eigenvalue weighted by Gasteiger charge is 2.03. The summed E-state index contributed by atoms with van der Waals surface area (Å²) in [5, 5.41) is 13.7. The van der Waals surface area contributed by atoms with Crippen LogP contribution in [0.25, 0.3) is 5.69 Å². The van der Waals surface area contributed by atoms with Crippen LogP contribution >= 0.6 is 23.2 Å². The molecule has 0 saturated heterocycles. The van der Waals surface area contributed by atoms with E-state index < -0.39 is 0 Å². The van der Waals surface area contributed by atoms with Gasteiger partial charge in [-0.3, -0.25) is 0 Å². The summed E-state index contributed by atoms with van der Waals surface area (Å²) in [6, 6.07) is 4.66. The van der Waals surface area contributed by atoms with E-state index in [2.05, 4.69) is 10.1 Å². The second-order valence-electron chi connectivity index (χ2n) is 2.62. The van der Waals surface area contributed by atoms with Gasteiger partial charge in [0.2, 0.25) is 0 Å². The molecule has 0 spiro atoms.